The third-order valence-corrected chi connectivity index (χ3v) is 3.08. The molecule has 2 N–H and O–H groups in total. The predicted octanol–water partition coefficient (Wildman–Crippen LogP) is 1.22. The van der Waals surface area contributed by atoms with E-state index >= 15 is 0 Å². The highest BCUT2D eigenvalue weighted by Gasteiger charge is 2.17. The Labute approximate surface area is 114 Å². The maximum absolute atomic E-state index is 11.8. The molecular weight excluding hydrogens is 244 g/mol. The van der Waals surface area contributed by atoms with Gasteiger partial charge in [-0.3, -0.25) is 4.79 Å². The largest absolute Gasteiger partial charge is 0.493 e. The van der Waals surface area contributed by atoms with Crippen molar-refractivity contribution in [1.29, 1.82) is 0 Å². The van der Waals surface area contributed by atoms with Gasteiger partial charge in [0.15, 0.2) is 11.5 Å². The molecule has 0 aliphatic heterocycles. The van der Waals surface area contributed by atoms with Gasteiger partial charge in [-0.05, 0) is 24.2 Å². The second-order valence-corrected chi connectivity index (χ2v) is 4.54. The number of amides is 1. The summed E-state index contributed by atoms with van der Waals surface area (Å²) in [7, 11) is 6.66. The van der Waals surface area contributed by atoms with Crippen LogP contribution in [-0.4, -0.2) is 45.7 Å². The van der Waals surface area contributed by atoms with Crippen LogP contribution in [0, 0.1) is 0 Å². The third-order valence-electron chi connectivity index (χ3n) is 3.08. The van der Waals surface area contributed by atoms with E-state index in [1.165, 1.54) is 0 Å². The average Bonchev–Trinajstić information content (AvgIpc) is 2.43. The minimum absolute atomic E-state index is 0.0188. The quantitative estimate of drug-likeness (QED) is 0.841. The summed E-state index contributed by atoms with van der Waals surface area (Å²) in [4.78, 5) is 13.4. The number of methoxy groups -OCH3 is 2. The smallest absolute Gasteiger partial charge is 0.222 e. The van der Waals surface area contributed by atoms with Crippen molar-refractivity contribution in [3.05, 3.63) is 23.8 Å². The minimum Gasteiger partial charge on any atom is -0.493 e. The van der Waals surface area contributed by atoms with E-state index in [9.17, 15) is 4.79 Å². The lowest BCUT2D eigenvalue weighted by Gasteiger charge is -2.19. The van der Waals surface area contributed by atoms with Gasteiger partial charge in [-0.2, -0.15) is 0 Å². The Morgan fingerprint density at radius 1 is 1.26 bits per heavy atom. The second-order valence-electron chi connectivity index (χ2n) is 4.54. The molecule has 19 heavy (non-hydrogen) atoms. The monoisotopic (exact) mass is 266 g/mol. The molecule has 0 fully saturated rings. The first-order valence-electron chi connectivity index (χ1n) is 6.15. The molecule has 0 spiro atoms. The standard InChI is InChI=1S/C14H22N2O3/c1-16(2)14(17)8-11(9-15)10-5-6-12(18-3)13(7-10)19-4/h5-7,11H,8-9,15H2,1-4H3. The van der Waals surface area contributed by atoms with Crippen molar-refractivity contribution in [1.82, 2.24) is 4.90 Å². The van der Waals surface area contributed by atoms with Crippen molar-refractivity contribution in [3.8, 4) is 11.5 Å². The molecule has 0 aliphatic carbocycles. The first-order valence-corrected chi connectivity index (χ1v) is 6.15. The van der Waals surface area contributed by atoms with Crippen LogP contribution < -0.4 is 15.2 Å². The summed E-state index contributed by atoms with van der Waals surface area (Å²) in [6.07, 6.45) is 0.388. The molecule has 0 heterocycles. The van der Waals surface area contributed by atoms with Gasteiger partial charge in [-0.15, -0.1) is 0 Å². The summed E-state index contributed by atoms with van der Waals surface area (Å²) in [6.45, 7) is 0.412. The van der Waals surface area contributed by atoms with Crippen LogP contribution in [0.3, 0.4) is 0 Å². The molecule has 1 amide bonds. The van der Waals surface area contributed by atoms with Crippen molar-refractivity contribution in [2.24, 2.45) is 5.73 Å². The van der Waals surface area contributed by atoms with Crippen LogP contribution >= 0.6 is 0 Å². The van der Waals surface area contributed by atoms with Crippen molar-refractivity contribution < 1.29 is 14.3 Å². The zero-order chi connectivity index (χ0) is 14.4. The van der Waals surface area contributed by atoms with Crippen LogP contribution in [0.5, 0.6) is 11.5 Å². The molecule has 0 aromatic heterocycles. The molecule has 1 unspecified atom stereocenters. The lowest BCUT2D eigenvalue weighted by atomic mass is 9.95. The Kier molecular flexibility index (Phi) is 5.63. The van der Waals surface area contributed by atoms with Crippen molar-refractivity contribution >= 4 is 5.91 Å². The first-order chi connectivity index (χ1) is 9.03. The molecule has 0 saturated heterocycles. The van der Waals surface area contributed by atoms with E-state index in [0.29, 0.717) is 24.5 Å². The number of benzene rings is 1. The Morgan fingerprint density at radius 2 is 1.89 bits per heavy atom. The lowest BCUT2D eigenvalue weighted by Crippen LogP contribution is -2.26. The lowest BCUT2D eigenvalue weighted by molar-refractivity contribution is -0.129. The summed E-state index contributed by atoms with van der Waals surface area (Å²) >= 11 is 0. The van der Waals surface area contributed by atoms with Gasteiger partial charge in [0.1, 0.15) is 0 Å². The minimum atomic E-state index is -0.0188. The fraction of sp³-hybridized carbons (Fsp3) is 0.500. The molecule has 5 heteroatoms. The molecule has 1 aromatic carbocycles. The predicted molar refractivity (Wildman–Crippen MR) is 74.7 cm³/mol. The van der Waals surface area contributed by atoms with Crippen molar-refractivity contribution in [2.45, 2.75) is 12.3 Å². The number of nitrogens with two attached hydrogens (primary N) is 1. The number of rotatable bonds is 6. The fourth-order valence-corrected chi connectivity index (χ4v) is 1.84. The van der Waals surface area contributed by atoms with E-state index in [2.05, 4.69) is 0 Å². The van der Waals surface area contributed by atoms with E-state index < -0.39 is 0 Å². The highest BCUT2D eigenvalue weighted by atomic mass is 16.5. The van der Waals surface area contributed by atoms with Gasteiger partial charge in [0.25, 0.3) is 0 Å². The zero-order valence-corrected chi connectivity index (χ0v) is 12.0. The summed E-state index contributed by atoms with van der Waals surface area (Å²) in [5.74, 6) is 1.36. The zero-order valence-electron chi connectivity index (χ0n) is 12.0. The van der Waals surface area contributed by atoms with Gasteiger partial charge in [0, 0.05) is 26.4 Å². The van der Waals surface area contributed by atoms with E-state index in [1.807, 2.05) is 18.2 Å². The third kappa shape index (κ3) is 3.86. The van der Waals surface area contributed by atoms with E-state index in [0.717, 1.165) is 5.56 Å². The summed E-state index contributed by atoms with van der Waals surface area (Å²) < 4.78 is 10.5. The van der Waals surface area contributed by atoms with Gasteiger partial charge in [0.2, 0.25) is 5.91 Å². The Morgan fingerprint density at radius 3 is 2.37 bits per heavy atom. The van der Waals surface area contributed by atoms with Crippen LogP contribution in [0.4, 0.5) is 0 Å². The number of carbonyl (C=O) groups is 1. The molecule has 0 bridgehead atoms. The van der Waals surface area contributed by atoms with Gasteiger partial charge in [-0.25, -0.2) is 0 Å². The maximum Gasteiger partial charge on any atom is 0.222 e. The number of nitrogens with zero attached hydrogens (tertiary/aromatic N) is 1. The molecule has 1 rings (SSSR count). The van der Waals surface area contributed by atoms with E-state index in [4.69, 9.17) is 15.2 Å². The number of carbonyl (C=O) groups excluding carboxylic acids is 1. The SMILES string of the molecule is COc1ccc(C(CN)CC(=O)N(C)C)cc1OC. The van der Waals surface area contributed by atoms with Crippen molar-refractivity contribution in [3.63, 3.8) is 0 Å². The van der Waals surface area contributed by atoms with Gasteiger partial charge >= 0.3 is 0 Å². The molecule has 1 atom stereocenters. The molecular formula is C14H22N2O3. The highest BCUT2D eigenvalue weighted by Crippen LogP contribution is 2.31. The molecule has 0 radical (unpaired) electrons. The fourth-order valence-electron chi connectivity index (χ4n) is 1.84. The first kappa shape index (κ1) is 15.3. The molecule has 1 aromatic rings. The van der Waals surface area contributed by atoms with E-state index in [-0.39, 0.29) is 11.8 Å². The summed E-state index contributed by atoms with van der Waals surface area (Å²) in [5.41, 5.74) is 6.75. The van der Waals surface area contributed by atoms with Crippen LogP contribution in [0.1, 0.15) is 17.9 Å². The normalized spacial score (nSPS) is 11.8. The molecule has 0 saturated carbocycles. The molecule has 5 nitrogen and oxygen atoms in total. The van der Waals surface area contributed by atoms with E-state index in [1.54, 1.807) is 33.2 Å². The van der Waals surface area contributed by atoms with Gasteiger partial charge in [0.05, 0.1) is 14.2 Å². The Bertz CT molecular complexity index is 433. The molecule has 0 aliphatic rings. The van der Waals surface area contributed by atoms with Crippen molar-refractivity contribution in [2.75, 3.05) is 34.9 Å². The number of ether oxygens (including phenoxy) is 2. The number of hydrogen-bond acceptors (Lipinski definition) is 4. The van der Waals surface area contributed by atoms with Crippen LogP contribution in [0.25, 0.3) is 0 Å². The number of hydrogen-bond donors (Lipinski definition) is 1. The summed E-state index contributed by atoms with van der Waals surface area (Å²) in [5, 5.41) is 0. The summed E-state index contributed by atoms with van der Waals surface area (Å²) in [6, 6.07) is 5.62. The Balaban J connectivity index is 2.95. The van der Waals surface area contributed by atoms with Crippen LogP contribution in [0.2, 0.25) is 0 Å². The average molecular weight is 266 g/mol. The van der Waals surface area contributed by atoms with Gasteiger partial charge in [-0.1, -0.05) is 6.07 Å². The maximum atomic E-state index is 11.8. The molecule has 106 valence electrons. The second kappa shape index (κ2) is 6.99. The highest BCUT2D eigenvalue weighted by molar-refractivity contribution is 5.76. The Hall–Kier alpha value is -1.75. The van der Waals surface area contributed by atoms with Gasteiger partial charge < -0.3 is 20.1 Å². The van der Waals surface area contributed by atoms with Crippen LogP contribution in [0.15, 0.2) is 18.2 Å². The topological polar surface area (TPSA) is 64.8 Å². The van der Waals surface area contributed by atoms with Crippen LogP contribution in [-0.2, 0) is 4.79 Å².